The molecule has 0 spiro atoms. The molecule has 0 saturated carbocycles. The summed E-state index contributed by atoms with van der Waals surface area (Å²) < 4.78 is 24.5. The Kier molecular flexibility index (Phi) is 3.69. The van der Waals surface area contributed by atoms with E-state index in [0.29, 0.717) is 13.2 Å². The lowest BCUT2D eigenvalue weighted by Crippen LogP contribution is -2.16. The zero-order valence-electron chi connectivity index (χ0n) is 12.2. The van der Waals surface area contributed by atoms with Crippen molar-refractivity contribution in [3.8, 4) is 11.5 Å². The minimum absolute atomic E-state index is 0.0429. The predicted octanol–water partition coefficient (Wildman–Crippen LogP) is 4.08. The Bertz CT molecular complexity index is 657. The van der Waals surface area contributed by atoms with Crippen LogP contribution < -0.4 is 14.8 Å². The van der Waals surface area contributed by atoms with Gasteiger partial charge in [0.25, 0.3) is 0 Å². The second kappa shape index (κ2) is 5.64. The van der Waals surface area contributed by atoms with E-state index < -0.39 is 0 Å². The SMILES string of the molecule is Cc1ccc(F)cc1NC(C)c1ccc2c(c1)OCCO2. The molecule has 1 atom stereocenters. The number of benzene rings is 2. The number of hydrogen-bond acceptors (Lipinski definition) is 3. The Morgan fingerprint density at radius 1 is 1.05 bits per heavy atom. The first-order chi connectivity index (χ1) is 10.1. The van der Waals surface area contributed by atoms with Gasteiger partial charge in [0.15, 0.2) is 11.5 Å². The molecule has 1 aliphatic rings. The number of fused-ring (bicyclic) bond motifs is 1. The molecule has 1 N–H and O–H groups in total. The molecule has 2 aromatic carbocycles. The molecule has 3 nitrogen and oxygen atoms in total. The fraction of sp³-hybridized carbons (Fsp3) is 0.294. The van der Waals surface area contributed by atoms with Gasteiger partial charge in [-0.3, -0.25) is 0 Å². The zero-order chi connectivity index (χ0) is 14.8. The van der Waals surface area contributed by atoms with E-state index in [-0.39, 0.29) is 11.9 Å². The molecule has 0 saturated heterocycles. The van der Waals surface area contributed by atoms with Gasteiger partial charge in [-0.15, -0.1) is 0 Å². The lowest BCUT2D eigenvalue weighted by molar-refractivity contribution is 0.171. The van der Waals surface area contributed by atoms with Crippen molar-refractivity contribution in [3.63, 3.8) is 0 Å². The van der Waals surface area contributed by atoms with Crippen molar-refractivity contribution in [2.45, 2.75) is 19.9 Å². The molecule has 1 aliphatic heterocycles. The highest BCUT2D eigenvalue weighted by Gasteiger charge is 2.15. The van der Waals surface area contributed by atoms with Crippen molar-refractivity contribution >= 4 is 5.69 Å². The van der Waals surface area contributed by atoms with Gasteiger partial charge >= 0.3 is 0 Å². The highest BCUT2D eigenvalue weighted by atomic mass is 19.1. The van der Waals surface area contributed by atoms with Crippen LogP contribution in [0, 0.1) is 12.7 Å². The zero-order valence-corrected chi connectivity index (χ0v) is 12.2. The van der Waals surface area contributed by atoms with Gasteiger partial charge in [-0.2, -0.15) is 0 Å². The lowest BCUT2D eigenvalue weighted by atomic mass is 10.1. The molecule has 0 aromatic heterocycles. The minimum Gasteiger partial charge on any atom is -0.486 e. The molecular formula is C17H18FNO2. The first-order valence-corrected chi connectivity index (χ1v) is 7.06. The summed E-state index contributed by atoms with van der Waals surface area (Å²) in [6, 6.07) is 10.7. The van der Waals surface area contributed by atoms with Crippen molar-refractivity contribution < 1.29 is 13.9 Å². The topological polar surface area (TPSA) is 30.5 Å². The van der Waals surface area contributed by atoms with Gasteiger partial charge in [0.2, 0.25) is 0 Å². The van der Waals surface area contributed by atoms with Crippen molar-refractivity contribution in [1.82, 2.24) is 0 Å². The molecule has 1 heterocycles. The van der Waals surface area contributed by atoms with Crippen molar-refractivity contribution in [3.05, 3.63) is 53.3 Å². The maximum Gasteiger partial charge on any atom is 0.161 e. The number of rotatable bonds is 3. The third-order valence-corrected chi connectivity index (χ3v) is 3.64. The van der Waals surface area contributed by atoms with E-state index in [9.17, 15) is 4.39 Å². The van der Waals surface area contributed by atoms with Crippen LogP contribution in [-0.2, 0) is 0 Å². The molecule has 110 valence electrons. The Morgan fingerprint density at radius 2 is 1.81 bits per heavy atom. The molecular weight excluding hydrogens is 269 g/mol. The van der Waals surface area contributed by atoms with Gasteiger partial charge in [-0.25, -0.2) is 4.39 Å². The number of halogens is 1. The maximum absolute atomic E-state index is 13.3. The third-order valence-electron chi connectivity index (χ3n) is 3.64. The Morgan fingerprint density at radius 3 is 2.62 bits per heavy atom. The van der Waals surface area contributed by atoms with Gasteiger partial charge in [0.05, 0.1) is 0 Å². The standard InChI is InChI=1S/C17H18FNO2/c1-11-3-5-14(18)10-15(11)19-12(2)13-4-6-16-17(9-13)21-8-7-20-16/h3-6,9-10,12,19H,7-8H2,1-2H3. The van der Waals surface area contributed by atoms with E-state index in [0.717, 1.165) is 28.3 Å². The summed E-state index contributed by atoms with van der Waals surface area (Å²) in [5, 5.41) is 3.34. The summed E-state index contributed by atoms with van der Waals surface area (Å²) >= 11 is 0. The molecule has 0 radical (unpaired) electrons. The van der Waals surface area contributed by atoms with E-state index in [2.05, 4.69) is 5.32 Å². The Hall–Kier alpha value is -2.23. The van der Waals surface area contributed by atoms with Crippen LogP contribution in [0.2, 0.25) is 0 Å². The van der Waals surface area contributed by atoms with Crippen LogP contribution in [0.1, 0.15) is 24.1 Å². The summed E-state index contributed by atoms with van der Waals surface area (Å²) in [7, 11) is 0. The van der Waals surface area contributed by atoms with Gasteiger partial charge in [-0.05, 0) is 49.2 Å². The molecule has 0 bridgehead atoms. The second-order valence-corrected chi connectivity index (χ2v) is 5.23. The molecule has 0 aliphatic carbocycles. The fourth-order valence-corrected chi connectivity index (χ4v) is 2.40. The lowest BCUT2D eigenvalue weighted by Gasteiger charge is -2.22. The highest BCUT2D eigenvalue weighted by molar-refractivity contribution is 5.53. The van der Waals surface area contributed by atoms with Gasteiger partial charge in [0, 0.05) is 11.7 Å². The van der Waals surface area contributed by atoms with Crippen molar-refractivity contribution in [1.29, 1.82) is 0 Å². The largest absolute Gasteiger partial charge is 0.486 e. The number of hydrogen-bond donors (Lipinski definition) is 1. The number of aryl methyl sites for hydroxylation is 1. The first kappa shape index (κ1) is 13.7. The summed E-state index contributed by atoms with van der Waals surface area (Å²) in [5.74, 6) is 1.31. The fourth-order valence-electron chi connectivity index (χ4n) is 2.40. The van der Waals surface area contributed by atoms with Crippen LogP contribution in [-0.4, -0.2) is 13.2 Å². The van der Waals surface area contributed by atoms with Crippen LogP contribution >= 0.6 is 0 Å². The van der Waals surface area contributed by atoms with Crippen LogP contribution in [0.4, 0.5) is 10.1 Å². The maximum atomic E-state index is 13.3. The monoisotopic (exact) mass is 287 g/mol. The van der Waals surface area contributed by atoms with Crippen LogP contribution in [0.5, 0.6) is 11.5 Å². The smallest absolute Gasteiger partial charge is 0.161 e. The summed E-state index contributed by atoms with van der Waals surface area (Å²) in [5.41, 5.74) is 2.89. The molecule has 3 rings (SSSR count). The van der Waals surface area contributed by atoms with E-state index in [1.54, 1.807) is 6.07 Å². The van der Waals surface area contributed by atoms with E-state index in [4.69, 9.17) is 9.47 Å². The number of ether oxygens (including phenoxy) is 2. The minimum atomic E-state index is -0.238. The average Bonchev–Trinajstić information content (AvgIpc) is 2.50. The highest BCUT2D eigenvalue weighted by Crippen LogP contribution is 2.33. The van der Waals surface area contributed by atoms with Gasteiger partial charge < -0.3 is 14.8 Å². The molecule has 2 aromatic rings. The Labute approximate surface area is 123 Å². The van der Waals surface area contributed by atoms with Gasteiger partial charge in [-0.1, -0.05) is 12.1 Å². The predicted molar refractivity (Wildman–Crippen MR) is 80.6 cm³/mol. The van der Waals surface area contributed by atoms with Crippen LogP contribution in [0.15, 0.2) is 36.4 Å². The number of nitrogens with one attached hydrogen (secondary N) is 1. The van der Waals surface area contributed by atoms with E-state index in [1.165, 1.54) is 12.1 Å². The molecule has 21 heavy (non-hydrogen) atoms. The van der Waals surface area contributed by atoms with Gasteiger partial charge in [0.1, 0.15) is 19.0 Å². The normalized spacial score (nSPS) is 14.6. The molecule has 1 unspecified atom stereocenters. The van der Waals surface area contributed by atoms with Crippen molar-refractivity contribution in [2.24, 2.45) is 0 Å². The average molecular weight is 287 g/mol. The molecule has 0 fully saturated rings. The second-order valence-electron chi connectivity index (χ2n) is 5.23. The summed E-state index contributed by atoms with van der Waals surface area (Å²) in [6.07, 6.45) is 0. The summed E-state index contributed by atoms with van der Waals surface area (Å²) in [4.78, 5) is 0. The molecule has 4 heteroatoms. The van der Waals surface area contributed by atoms with Crippen molar-refractivity contribution in [2.75, 3.05) is 18.5 Å². The quantitative estimate of drug-likeness (QED) is 0.922. The van der Waals surface area contributed by atoms with Crippen LogP contribution in [0.3, 0.4) is 0 Å². The number of anilines is 1. The van der Waals surface area contributed by atoms with E-state index >= 15 is 0 Å². The van der Waals surface area contributed by atoms with E-state index in [1.807, 2.05) is 32.0 Å². The third kappa shape index (κ3) is 2.94. The Balaban J connectivity index is 1.82. The van der Waals surface area contributed by atoms with Crippen LogP contribution in [0.25, 0.3) is 0 Å². The summed E-state index contributed by atoms with van der Waals surface area (Å²) in [6.45, 7) is 5.15. The molecule has 0 amide bonds. The first-order valence-electron chi connectivity index (χ1n) is 7.06.